The molecule has 8 heteroatoms. The summed E-state index contributed by atoms with van der Waals surface area (Å²) in [5.41, 5.74) is 8.11. The van der Waals surface area contributed by atoms with Gasteiger partial charge < -0.3 is 10.2 Å². The van der Waals surface area contributed by atoms with Crippen LogP contribution in [0.4, 0.5) is 0 Å². The number of nitrogens with zero attached hydrogens (tertiary/aromatic N) is 6. The van der Waals surface area contributed by atoms with Crippen LogP contribution in [0.5, 0.6) is 11.5 Å². The molecule has 0 spiro atoms. The zero-order valence-corrected chi connectivity index (χ0v) is 33.1. The van der Waals surface area contributed by atoms with Crippen LogP contribution in [-0.2, 0) is 11.8 Å². The highest BCUT2D eigenvalue weighted by Crippen LogP contribution is 2.38. The molecule has 0 amide bonds. The van der Waals surface area contributed by atoms with Crippen molar-refractivity contribution in [3.8, 4) is 22.9 Å². The van der Waals surface area contributed by atoms with Gasteiger partial charge in [0.05, 0.1) is 0 Å². The minimum atomic E-state index is -0.00667. The fourth-order valence-electron chi connectivity index (χ4n) is 7.45. The first-order valence-corrected chi connectivity index (χ1v) is 19.7. The summed E-state index contributed by atoms with van der Waals surface area (Å²) in [5.74, 6) is 0.498. The van der Waals surface area contributed by atoms with Gasteiger partial charge in [0.1, 0.15) is 44.9 Å². The predicted molar refractivity (Wildman–Crippen MR) is 218 cm³/mol. The number of aromatic hydroxyl groups is 2. The molecule has 0 saturated heterocycles. The van der Waals surface area contributed by atoms with Gasteiger partial charge in [-0.3, -0.25) is 0 Å². The fourth-order valence-corrected chi connectivity index (χ4v) is 7.45. The number of hydrogen-bond donors (Lipinski definition) is 2. The Morgan fingerprint density at radius 3 is 1.53 bits per heavy atom. The second kappa shape index (κ2) is 17.9. The second-order valence-electron chi connectivity index (χ2n) is 16.5. The number of rotatable bonds is 15. The van der Waals surface area contributed by atoms with Gasteiger partial charge in [-0.05, 0) is 96.2 Å². The van der Waals surface area contributed by atoms with Crippen molar-refractivity contribution in [2.24, 2.45) is 5.41 Å². The summed E-state index contributed by atoms with van der Waals surface area (Å²) in [7, 11) is 0. The molecule has 0 radical (unpaired) electrons. The first kappa shape index (κ1) is 39.5. The normalized spacial score (nSPS) is 12.0. The monoisotopic (exact) mass is 716 g/mol. The van der Waals surface area contributed by atoms with E-state index in [0.29, 0.717) is 17.1 Å². The maximum Gasteiger partial charge on any atom is 0.146 e. The average molecular weight is 717 g/mol. The third-order valence-electron chi connectivity index (χ3n) is 9.85. The third-order valence-corrected chi connectivity index (χ3v) is 9.85. The Morgan fingerprint density at radius 1 is 0.566 bits per heavy atom. The highest BCUT2D eigenvalue weighted by molar-refractivity contribution is 5.74. The van der Waals surface area contributed by atoms with E-state index in [4.69, 9.17) is 0 Å². The highest BCUT2D eigenvalue weighted by Gasteiger charge is 2.28. The molecular formula is C45H60N6O2. The van der Waals surface area contributed by atoms with Crippen LogP contribution in [0.25, 0.3) is 33.4 Å². The standard InChI is InChI=1S/C25H35N3O.C20H25N3O/c1-3-4-5-6-7-8-9-10-11-12-15-21-18-20(2)19-24(25(21)29)28-26-22-16-13-14-17-23(22)27-28;1-19(2,3)13-20(4,5)14-10-11-18(24)17(12-14)23-21-15-8-6-7-9-16(15)22-23/h13-14,16-19,29H,3-12,15H2,1-2H3;6-12,24H,13H2,1-5H3. The van der Waals surface area contributed by atoms with Crippen LogP contribution in [0, 0.1) is 12.3 Å². The number of benzene rings is 4. The van der Waals surface area contributed by atoms with Gasteiger partial charge >= 0.3 is 0 Å². The minimum Gasteiger partial charge on any atom is -0.506 e. The summed E-state index contributed by atoms with van der Waals surface area (Å²) >= 11 is 0. The van der Waals surface area contributed by atoms with Crippen LogP contribution in [-0.4, -0.2) is 40.2 Å². The first-order chi connectivity index (χ1) is 25.3. The van der Waals surface area contributed by atoms with Crippen molar-refractivity contribution in [1.29, 1.82) is 0 Å². The largest absolute Gasteiger partial charge is 0.506 e. The maximum absolute atomic E-state index is 10.8. The lowest BCUT2D eigenvalue weighted by molar-refractivity contribution is 0.284. The highest BCUT2D eigenvalue weighted by atomic mass is 16.3. The Bertz CT molecular complexity index is 2000. The molecule has 53 heavy (non-hydrogen) atoms. The molecule has 2 heterocycles. The van der Waals surface area contributed by atoms with Crippen LogP contribution in [0.1, 0.15) is 129 Å². The number of aromatic nitrogens is 6. The SMILES string of the molecule is CC(C)(C)CC(C)(C)c1ccc(O)c(-n2nc3ccccc3n2)c1.CCCCCCCCCCCCc1cc(C)cc(-n2nc3ccccc3n2)c1O. The molecule has 282 valence electrons. The fraction of sp³-hybridized carbons (Fsp3) is 0.467. The van der Waals surface area contributed by atoms with Crippen LogP contribution in [0.2, 0.25) is 0 Å². The average Bonchev–Trinajstić information content (AvgIpc) is 3.74. The number of phenolic OH excluding ortho intramolecular Hbond substituents is 2. The van der Waals surface area contributed by atoms with Crippen molar-refractivity contribution >= 4 is 22.1 Å². The first-order valence-electron chi connectivity index (χ1n) is 19.7. The van der Waals surface area contributed by atoms with E-state index >= 15 is 0 Å². The van der Waals surface area contributed by atoms with E-state index in [9.17, 15) is 10.2 Å². The van der Waals surface area contributed by atoms with Crippen molar-refractivity contribution in [3.05, 3.63) is 95.6 Å². The van der Waals surface area contributed by atoms with Crippen LogP contribution in [0.15, 0.2) is 78.9 Å². The number of aryl methyl sites for hydroxylation is 2. The molecule has 0 aliphatic rings. The number of phenols is 2. The van der Waals surface area contributed by atoms with Crippen LogP contribution < -0.4 is 0 Å². The van der Waals surface area contributed by atoms with Crippen molar-refractivity contribution in [2.45, 2.75) is 131 Å². The molecule has 0 saturated carbocycles. The Labute approximate surface area is 316 Å². The van der Waals surface area contributed by atoms with Crippen molar-refractivity contribution < 1.29 is 10.2 Å². The van der Waals surface area contributed by atoms with E-state index in [1.807, 2.05) is 66.7 Å². The van der Waals surface area contributed by atoms with E-state index < -0.39 is 0 Å². The minimum absolute atomic E-state index is 0.00667. The molecule has 0 aliphatic heterocycles. The van der Waals surface area contributed by atoms with Crippen LogP contribution >= 0.6 is 0 Å². The molecule has 0 fully saturated rings. The zero-order chi connectivity index (χ0) is 38.0. The maximum atomic E-state index is 10.8. The molecule has 0 unspecified atom stereocenters. The molecule has 6 rings (SSSR count). The summed E-state index contributed by atoms with van der Waals surface area (Å²) in [4.78, 5) is 3.09. The zero-order valence-electron chi connectivity index (χ0n) is 33.1. The second-order valence-corrected chi connectivity index (χ2v) is 16.5. The van der Waals surface area contributed by atoms with E-state index in [-0.39, 0.29) is 16.6 Å². The summed E-state index contributed by atoms with van der Waals surface area (Å²) in [6.07, 6.45) is 15.1. The van der Waals surface area contributed by atoms with Gasteiger partial charge in [0.15, 0.2) is 0 Å². The third kappa shape index (κ3) is 10.9. The van der Waals surface area contributed by atoms with Gasteiger partial charge in [0, 0.05) is 0 Å². The molecular weight excluding hydrogens is 657 g/mol. The summed E-state index contributed by atoms with van der Waals surface area (Å²) in [6, 6.07) is 25.3. The smallest absolute Gasteiger partial charge is 0.146 e. The summed E-state index contributed by atoms with van der Waals surface area (Å²) in [5, 5.41) is 39.2. The van der Waals surface area contributed by atoms with Gasteiger partial charge in [-0.15, -0.1) is 30.0 Å². The van der Waals surface area contributed by atoms with Gasteiger partial charge in [-0.1, -0.05) is 136 Å². The molecule has 6 aromatic rings. The molecule has 0 aliphatic carbocycles. The summed E-state index contributed by atoms with van der Waals surface area (Å²) < 4.78 is 0. The van der Waals surface area contributed by atoms with Gasteiger partial charge in [0.25, 0.3) is 0 Å². The Balaban J connectivity index is 0.000000208. The predicted octanol–water partition coefficient (Wildman–Crippen LogP) is 11.7. The molecule has 0 bridgehead atoms. The van der Waals surface area contributed by atoms with E-state index in [1.165, 1.54) is 68.1 Å². The van der Waals surface area contributed by atoms with Crippen molar-refractivity contribution in [1.82, 2.24) is 30.0 Å². The Hall–Kier alpha value is -4.72. The van der Waals surface area contributed by atoms with Crippen molar-refractivity contribution in [2.75, 3.05) is 0 Å². The lowest BCUT2D eigenvalue weighted by atomic mass is 9.72. The van der Waals surface area contributed by atoms with Crippen LogP contribution in [0.3, 0.4) is 0 Å². The van der Waals surface area contributed by atoms with Gasteiger partial charge in [0.2, 0.25) is 0 Å². The van der Waals surface area contributed by atoms with E-state index in [1.54, 1.807) is 10.9 Å². The molecule has 4 aromatic carbocycles. The van der Waals surface area contributed by atoms with Crippen molar-refractivity contribution in [3.63, 3.8) is 0 Å². The number of fused-ring (bicyclic) bond motifs is 2. The Kier molecular flexibility index (Phi) is 13.3. The Morgan fingerprint density at radius 2 is 1.04 bits per heavy atom. The lowest BCUT2D eigenvalue weighted by Gasteiger charge is -2.33. The quantitative estimate of drug-likeness (QED) is 0.103. The lowest BCUT2D eigenvalue weighted by Crippen LogP contribution is -2.25. The van der Waals surface area contributed by atoms with Gasteiger partial charge in [-0.25, -0.2) is 0 Å². The van der Waals surface area contributed by atoms with E-state index in [0.717, 1.165) is 52.5 Å². The summed E-state index contributed by atoms with van der Waals surface area (Å²) in [6.45, 7) is 15.5. The van der Waals surface area contributed by atoms with Gasteiger partial charge in [-0.2, -0.15) is 0 Å². The number of hydrogen-bond acceptors (Lipinski definition) is 6. The topological polar surface area (TPSA) is 102 Å². The molecule has 0 atom stereocenters. The molecule has 8 nitrogen and oxygen atoms in total. The molecule has 2 aromatic heterocycles. The molecule has 2 N–H and O–H groups in total. The number of unbranched alkanes of at least 4 members (excludes halogenated alkanes) is 9. The van der Waals surface area contributed by atoms with E-state index in [2.05, 4.69) is 74.9 Å².